The van der Waals surface area contributed by atoms with Crippen LogP contribution in [0.25, 0.3) is 0 Å². The van der Waals surface area contributed by atoms with E-state index in [1.165, 1.54) is 24.5 Å². The summed E-state index contributed by atoms with van der Waals surface area (Å²) in [4.78, 5) is 40.6. The minimum atomic E-state index is -3.70. The number of amides is 3. The van der Waals surface area contributed by atoms with Crippen molar-refractivity contribution in [1.29, 1.82) is 0 Å². The molecule has 4 rings (SSSR count). The second kappa shape index (κ2) is 18.9. The number of fused-ring (bicyclic) bond motifs is 4. The average Bonchev–Trinajstić information content (AvgIpc) is 3.14. The largest absolute Gasteiger partial charge is 0.491 e. The summed E-state index contributed by atoms with van der Waals surface area (Å²) >= 11 is 0. The second-order valence-corrected chi connectivity index (χ2v) is 16.3. The molecule has 3 aromatic carbocycles. The van der Waals surface area contributed by atoms with Crippen molar-refractivity contribution in [1.82, 2.24) is 16.0 Å². The van der Waals surface area contributed by atoms with Gasteiger partial charge in [0.05, 0.1) is 23.1 Å². The van der Waals surface area contributed by atoms with E-state index in [0.717, 1.165) is 16.7 Å². The van der Waals surface area contributed by atoms with Crippen molar-refractivity contribution >= 4 is 33.4 Å². The number of anilines is 1. The van der Waals surface area contributed by atoms with Crippen LogP contribution in [0.4, 0.5) is 5.69 Å². The number of nitrogens with zero attached hydrogens (tertiary/aromatic N) is 1. The van der Waals surface area contributed by atoms with E-state index in [2.05, 4.69) is 16.0 Å². The predicted octanol–water partition coefficient (Wildman–Crippen LogP) is 3.92. The molecule has 4 atom stereocenters. The lowest BCUT2D eigenvalue weighted by Crippen LogP contribution is -2.54. The summed E-state index contributed by atoms with van der Waals surface area (Å²) < 4.78 is 38.9. The minimum absolute atomic E-state index is 0.158. The number of aliphatic hydroxyl groups excluding tert-OH is 1. The minimum Gasteiger partial charge on any atom is -0.491 e. The van der Waals surface area contributed by atoms with Gasteiger partial charge in [0.15, 0.2) is 0 Å². The molecule has 0 fully saturated rings. The second-order valence-electron chi connectivity index (χ2n) is 13.8. The number of hydrogen-bond acceptors (Lipinski definition) is 8. The first-order valence-corrected chi connectivity index (χ1v) is 19.3. The Morgan fingerprint density at radius 3 is 2.32 bits per heavy atom. The van der Waals surface area contributed by atoms with Crippen LogP contribution >= 0.6 is 0 Å². The van der Waals surface area contributed by atoms with E-state index in [1.807, 2.05) is 74.5 Å². The fourth-order valence-electron chi connectivity index (χ4n) is 5.83. The molecule has 3 aromatic rings. The van der Waals surface area contributed by atoms with Crippen LogP contribution in [0.1, 0.15) is 61.2 Å². The summed E-state index contributed by atoms with van der Waals surface area (Å²) in [6, 6.07) is 19.9. The molecule has 0 aliphatic carbocycles. The van der Waals surface area contributed by atoms with Gasteiger partial charge in [-0.05, 0) is 79.6 Å². The van der Waals surface area contributed by atoms with E-state index in [4.69, 9.17) is 9.47 Å². The fraction of sp³-hybridized carbons (Fsp3) is 0.425. The summed E-state index contributed by atoms with van der Waals surface area (Å²) in [6.07, 6.45) is 2.26. The number of ether oxygens (including phenoxy) is 2. The zero-order chi connectivity index (χ0) is 38.7. The molecule has 13 heteroatoms. The predicted molar refractivity (Wildman–Crippen MR) is 205 cm³/mol. The van der Waals surface area contributed by atoms with Crippen molar-refractivity contribution in [2.24, 2.45) is 5.92 Å². The maximum Gasteiger partial charge on any atom is 0.251 e. The topological polar surface area (TPSA) is 163 Å². The zero-order valence-corrected chi connectivity index (χ0v) is 32.1. The first-order valence-electron chi connectivity index (χ1n) is 17.8. The first kappa shape index (κ1) is 41.0. The summed E-state index contributed by atoms with van der Waals surface area (Å²) in [5, 5.41) is 19.4. The number of sulfonamides is 1. The Labute approximate surface area is 313 Å². The van der Waals surface area contributed by atoms with Gasteiger partial charge in [-0.15, -0.1) is 0 Å². The lowest BCUT2D eigenvalue weighted by atomic mass is 10.00. The quantitative estimate of drug-likeness (QED) is 0.191. The highest BCUT2D eigenvalue weighted by Crippen LogP contribution is 2.24. The van der Waals surface area contributed by atoms with Gasteiger partial charge < -0.3 is 30.5 Å². The Balaban J connectivity index is 1.58. The standard InChI is InChI=1S/C40H52N4O8S/c1-26(2)37(40(48)41-24-29-14-8-7-9-15-29)43-39(47)36(51-6)23-35(45)34-25-52-33-18-12-17-28(21-33)13-10-11-16-30-19-31(38(46)42-34)22-32(20-30)44(5)53(49,50)27(3)4/h7-12,14-15,17-22,26-27,34-37,45H,13,16,23-25H2,1-6H3,(H,41,48)(H,42,46)(H,43,47)/b11-10+/t34-,35?,36+,37-/m0/s1. The third-order valence-electron chi connectivity index (χ3n) is 9.15. The van der Waals surface area contributed by atoms with Gasteiger partial charge in [-0.2, -0.15) is 0 Å². The molecule has 0 spiro atoms. The van der Waals surface area contributed by atoms with Crippen molar-refractivity contribution in [3.63, 3.8) is 0 Å². The van der Waals surface area contributed by atoms with Gasteiger partial charge in [-0.3, -0.25) is 18.7 Å². The van der Waals surface area contributed by atoms with Crippen LogP contribution in [0.3, 0.4) is 0 Å². The Morgan fingerprint density at radius 1 is 0.962 bits per heavy atom. The van der Waals surface area contributed by atoms with E-state index in [0.29, 0.717) is 30.8 Å². The fourth-order valence-corrected chi connectivity index (χ4v) is 6.86. The van der Waals surface area contributed by atoms with E-state index in [1.54, 1.807) is 32.0 Å². The Hall–Kier alpha value is -4.72. The number of carbonyl (C=O) groups excluding carboxylic acids is 3. The van der Waals surface area contributed by atoms with Crippen LogP contribution in [0, 0.1) is 5.92 Å². The molecular formula is C40H52N4O8S. The number of hydrogen-bond donors (Lipinski definition) is 4. The van der Waals surface area contributed by atoms with Crippen LogP contribution in [0.5, 0.6) is 5.75 Å². The van der Waals surface area contributed by atoms with E-state index >= 15 is 0 Å². The normalized spacial score (nSPS) is 17.3. The average molecular weight is 749 g/mol. The number of aliphatic hydroxyl groups is 1. The van der Waals surface area contributed by atoms with Gasteiger partial charge >= 0.3 is 0 Å². The first-order chi connectivity index (χ1) is 25.2. The van der Waals surface area contributed by atoms with Crippen molar-refractivity contribution in [2.45, 2.75) is 83.0 Å². The molecular weight excluding hydrogens is 697 g/mol. The van der Waals surface area contributed by atoms with Gasteiger partial charge in [-0.25, -0.2) is 8.42 Å². The Morgan fingerprint density at radius 2 is 1.66 bits per heavy atom. The SMILES string of the molecule is CO[C@H](CC(O)[C@@H]1COc2cccc(c2)C/C=C/Cc2cc(cc(N(C)S(=O)(=O)C(C)C)c2)C(=O)N1)C(=O)N[C@H](C(=O)NCc1ccccc1)C(C)C. The number of allylic oxidation sites excluding steroid dienone is 2. The highest BCUT2D eigenvalue weighted by Gasteiger charge is 2.33. The number of benzene rings is 3. The maximum atomic E-state index is 13.9. The Bertz CT molecular complexity index is 1850. The molecule has 1 heterocycles. The molecule has 0 radical (unpaired) electrons. The van der Waals surface area contributed by atoms with E-state index in [-0.39, 0.29) is 30.4 Å². The van der Waals surface area contributed by atoms with Crippen molar-refractivity contribution < 1.29 is 37.4 Å². The van der Waals surface area contributed by atoms with E-state index < -0.39 is 51.4 Å². The van der Waals surface area contributed by atoms with Crippen LogP contribution in [-0.2, 0) is 43.7 Å². The monoisotopic (exact) mass is 748 g/mol. The molecule has 53 heavy (non-hydrogen) atoms. The van der Waals surface area contributed by atoms with Gasteiger partial charge in [0, 0.05) is 32.7 Å². The molecule has 0 saturated carbocycles. The molecule has 1 aliphatic rings. The van der Waals surface area contributed by atoms with Gasteiger partial charge in [0.1, 0.15) is 24.5 Å². The third-order valence-corrected chi connectivity index (χ3v) is 11.3. The molecule has 4 N–H and O–H groups in total. The van der Waals surface area contributed by atoms with E-state index in [9.17, 15) is 27.9 Å². The van der Waals surface area contributed by atoms with Crippen LogP contribution in [-0.4, -0.2) is 81.6 Å². The van der Waals surface area contributed by atoms with Gasteiger partial charge in [-0.1, -0.05) is 68.5 Å². The molecule has 286 valence electrons. The zero-order valence-electron chi connectivity index (χ0n) is 31.2. The third kappa shape index (κ3) is 11.4. The van der Waals surface area contributed by atoms with Gasteiger partial charge in [0.2, 0.25) is 21.8 Å². The highest BCUT2D eigenvalue weighted by molar-refractivity contribution is 7.93. The molecule has 1 unspecified atom stereocenters. The lowest BCUT2D eigenvalue weighted by molar-refractivity contribution is -0.137. The summed E-state index contributed by atoms with van der Waals surface area (Å²) in [5.41, 5.74) is 3.12. The molecule has 0 saturated heterocycles. The number of methoxy groups -OCH3 is 1. The van der Waals surface area contributed by atoms with Crippen molar-refractivity contribution in [2.75, 3.05) is 25.1 Å². The van der Waals surface area contributed by atoms with Crippen LogP contribution in [0.15, 0.2) is 84.9 Å². The van der Waals surface area contributed by atoms with Crippen LogP contribution < -0.4 is 25.0 Å². The number of nitrogens with one attached hydrogen (secondary N) is 3. The lowest BCUT2D eigenvalue weighted by Gasteiger charge is -2.29. The summed E-state index contributed by atoms with van der Waals surface area (Å²) in [5.74, 6) is -1.26. The highest BCUT2D eigenvalue weighted by atomic mass is 32.2. The number of carbonyl (C=O) groups is 3. The maximum absolute atomic E-state index is 13.9. The molecule has 3 amide bonds. The number of rotatable bonds is 13. The molecule has 1 aliphatic heterocycles. The smallest absolute Gasteiger partial charge is 0.251 e. The van der Waals surface area contributed by atoms with Crippen molar-refractivity contribution in [3.8, 4) is 5.75 Å². The molecule has 12 nitrogen and oxygen atoms in total. The van der Waals surface area contributed by atoms with Gasteiger partial charge in [0.25, 0.3) is 5.91 Å². The molecule has 4 bridgehead atoms. The molecule has 0 aromatic heterocycles. The Kier molecular flexibility index (Phi) is 14.6. The summed E-state index contributed by atoms with van der Waals surface area (Å²) in [7, 11) is -0.917. The van der Waals surface area contributed by atoms with Crippen LogP contribution in [0.2, 0.25) is 0 Å². The van der Waals surface area contributed by atoms with Crippen molar-refractivity contribution in [3.05, 3.63) is 107 Å². The summed E-state index contributed by atoms with van der Waals surface area (Å²) in [6.45, 7) is 6.94.